The summed E-state index contributed by atoms with van der Waals surface area (Å²) in [6, 6.07) is 7.82. The van der Waals surface area contributed by atoms with E-state index in [1.165, 1.54) is 38.5 Å². The van der Waals surface area contributed by atoms with Crippen LogP contribution in [0.25, 0.3) is 0 Å². The van der Waals surface area contributed by atoms with E-state index in [0.717, 1.165) is 43.1 Å². The Labute approximate surface area is 209 Å². The summed E-state index contributed by atoms with van der Waals surface area (Å²) < 4.78 is 11.5. The lowest BCUT2D eigenvalue weighted by Gasteiger charge is -2.16. The molecule has 0 radical (unpaired) electrons. The summed E-state index contributed by atoms with van der Waals surface area (Å²) in [6.07, 6.45) is 9.45. The predicted molar refractivity (Wildman–Crippen MR) is 140 cm³/mol. The van der Waals surface area contributed by atoms with Crippen LogP contribution in [-0.2, 0) is 20.8 Å². The maximum absolute atomic E-state index is 12.3. The number of rotatable bonds is 9. The van der Waals surface area contributed by atoms with Crippen LogP contribution in [0.1, 0.15) is 63.9 Å². The van der Waals surface area contributed by atoms with Crippen LogP contribution in [-0.4, -0.2) is 50.4 Å². The number of ether oxygens (including phenoxy) is 2. The van der Waals surface area contributed by atoms with Crippen LogP contribution in [0.15, 0.2) is 29.3 Å². The molecule has 0 aromatic heterocycles. The second-order valence-corrected chi connectivity index (χ2v) is 8.30. The Morgan fingerprint density at radius 3 is 2.66 bits per heavy atom. The van der Waals surface area contributed by atoms with Crippen LogP contribution in [0.5, 0.6) is 0 Å². The number of carbonyl (C=O) groups excluding carboxylic acids is 1. The van der Waals surface area contributed by atoms with E-state index in [9.17, 15) is 4.79 Å². The van der Waals surface area contributed by atoms with Crippen molar-refractivity contribution in [3.63, 3.8) is 0 Å². The third kappa shape index (κ3) is 9.62. The SMILES string of the molecule is CCNC(=NCc1cccc(NC(=O)C2CCCO2)c1)NCCOC1CCCCCC1.I. The fourth-order valence-corrected chi connectivity index (χ4v) is 4.07. The molecule has 1 atom stereocenters. The highest BCUT2D eigenvalue weighted by Crippen LogP contribution is 2.19. The summed E-state index contributed by atoms with van der Waals surface area (Å²) in [6.45, 7) is 5.48. The third-order valence-electron chi connectivity index (χ3n) is 5.73. The largest absolute Gasteiger partial charge is 0.376 e. The minimum absolute atomic E-state index is 0. The van der Waals surface area contributed by atoms with Crippen LogP contribution >= 0.6 is 24.0 Å². The Morgan fingerprint density at radius 1 is 1.12 bits per heavy atom. The van der Waals surface area contributed by atoms with Crippen molar-refractivity contribution in [1.29, 1.82) is 0 Å². The molecule has 2 aliphatic rings. The smallest absolute Gasteiger partial charge is 0.253 e. The number of guanidine groups is 1. The molecule has 1 unspecified atom stereocenters. The Balaban J connectivity index is 0.00000363. The van der Waals surface area contributed by atoms with Crippen LogP contribution in [0.2, 0.25) is 0 Å². The summed E-state index contributed by atoms with van der Waals surface area (Å²) in [4.78, 5) is 16.9. The third-order valence-corrected chi connectivity index (χ3v) is 5.73. The number of benzene rings is 1. The molecule has 180 valence electrons. The number of hydrogen-bond acceptors (Lipinski definition) is 4. The number of amides is 1. The second-order valence-electron chi connectivity index (χ2n) is 8.30. The number of nitrogens with one attached hydrogen (secondary N) is 3. The molecule has 1 saturated carbocycles. The lowest BCUT2D eigenvalue weighted by molar-refractivity contribution is -0.124. The Morgan fingerprint density at radius 2 is 1.94 bits per heavy atom. The highest BCUT2D eigenvalue weighted by molar-refractivity contribution is 14.0. The molecule has 32 heavy (non-hydrogen) atoms. The minimum Gasteiger partial charge on any atom is -0.376 e. The number of aliphatic imine (C=N–C) groups is 1. The quantitative estimate of drug-likeness (QED) is 0.139. The van der Waals surface area contributed by atoms with E-state index in [1.807, 2.05) is 24.3 Å². The molecule has 1 aliphatic heterocycles. The molecule has 1 heterocycles. The normalized spacial score (nSPS) is 19.7. The van der Waals surface area contributed by atoms with Gasteiger partial charge in [0, 0.05) is 25.4 Å². The predicted octanol–water partition coefficient (Wildman–Crippen LogP) is 4.22. The summed E-state index contributed by atoms with van der Waals surface area (Å²) in [7, 11) is 0. The number of halogens is 1. The number of nitrogens with zero attached hydrogens (tertiary/aromatic N) is 1. The Bertz CT molecular complexity index is 702. The molecule has 0 bridgehead atoms. The van der Waals surface area contributed by atoms with Crippen molar-refractivity contribution in [2.24, 2.45) is 4.99 Å². The van der Waals surface area contributed by atoms with Crippen LogP contribution in [0, 0.1) is 0 Å². The van der Waals surface area contributed by atoms with Crippen molar-refractivity contribution in [3.05, 3.63) is 29.8 Å². The molecule has 1 aromatic rings. The van der Waals surface area contributed by atoms with Crippen molar-refractivity contribution >= 4 is 41.5 Å². The number of anilines is 1. The molecule has 3 N–H and O–H groups in total. The van der Waals surface area contributed by atoms with Crippen molar-refractivity contribution in [2.45, 2.75) is 77.0 Å². The maximum Gasteiger partial charge on any atom is 0.253 e. The number of carbonyl (C=O) groups is 1. The average Bonchev–Trinajstić information content (AvgIpc) is 3.20. The van der Waals surface area contributed by atoms with Crippen LogP contribution < -0.4 is 16.0 Å². The molecule has 1 amide bonds. The van der Waals surface area contributed by atoms with E-state index >= 15 is 0 Å². The topological polar surface area (TPSA) is 84.0 Å². The lowest BCUT2D eigenvalue weighted by atomic mass is 10.1. The molecule has 2 fully saturated rings. The van der Waals surface area contributed by atoms with Gasteiger partial charge in [-0.25, -0.2) is 4.99 Å². The first kappa shape index (κ1) is 26.9. The standard InChI is InChI=1S/C24H38N4O3.HI/c1-2-25-24(26-14-16-30-21-11-5-3-4-6-12-21)27-18-19-9-7-10-20(17-19)28-23(29)22-13-8-15-31-22;/h7,9-10,17,21-22H,2-6,8,11-16,18H2,1H3,(H,28,29)(H2,25,26,27);1H. The van der Waals surface area contributed by atoms with E-state index in [-0.39, 0.29) is 36.0 Å². The fourth-order valence-electron chi connectivity index (χ4n) is 4.07. The molecule has 1 aliphatic carbocycles. The zero-order valence-corrected chi connectivity index (χ0v) is 21.6. The van der Waals surface area contributed by atoms with Crippen molar-refractivity contribution in [3.8, 4) is 0 Å². The van der Waals surface area contributed by atoms with Gasteiger partial charge in [0.15, 0.2) is 5.96 Å². The second kappa shape index (κ2) is 15.4. The van der Waals surface area contributed by atoms with Gasteiger partial charge < -0.3 is 25.4 Å². The van der Waals surface area contributed by atoms with E-state index in [1.54, 1.807) is 0 Å². The van der Waals surface area contributed by atoms with Gasteiger partial charge in [0.1, 0.15) is 6.10 Å². The molecule has 3 rings (SSSR count). The lowest BCUT2D eigenvalue weighted by Crippen LogP contribution is -2.39. The highest BCUT2D eigenvalue weighted by atomic mass is 127. The molecule has 8 heteroatoms. The molecule has 1 aromatic carbocycles. The highest BCUT2D eigenvalue weighted by Gasteiger charge is 2.23. The van der Waals surface area contributed by atoms with Gasteiger partial charge in [-0.2, -0.15) is 0 Å². The Hall–Kier alpha value is -1.39. The average molecular weight is 559 g/mol. The van der Waals surface area contributed by atoms with Crippen LogP contribution in [0.4, 0.5) is 5.69 Å². The first-order valence-electron chi connectivity index (χ1n) is 11.9. The molecular weight excluding hydrogens is 519 g/mol. The van der Waals surface area contributed by atoms with E-state index in [4.69, 9.17) is 9.47 Å². The van der Waals surface area contributed by atoms with E-state index in [2.05, 4.69) is 27.9 Å². The minimum atomic E-state index is -0.327. The van der Waals surface area contributed by atoms with Gasteiger partial charge in [-0.05, 0) is 50.3 Å². The number of hydrogen-bond donors (Lipinski definition) is 3. The van der Waals surface area contributed by atoms with Crippen molar-refractivity contribution in [1.82, 2.24) is 10.6 Å². The molecule has 1 saturated heterocycles. The zero-order valence-electron chi connectivity index (χ0n) is 19.2. The van der Waals surface area contributed by atoms with Gasteiger partial charge in [0.05, 0.1) is 19.3 Å². The van der Waals surface area contributed by atoms with Gasteiger partial charge in [-0.3, -0.25) is 4.79 Å². The van der Waals surface area contributed by atoms with Crippen molar-refractivity contribution in [2.75, 3.05) is 31.6 Å². The van der Waals surface area contributed by atoms with E-state index in [0.29, 0.717) is 25.9 Å². The van der Waals surface area contributed by atoms with Gasteiger partial charge >= 0.3 is 0 Å². The van der Waals surface area contributed by atoms with E-state index < -0.39 is 0 Å². The monoisotopic (exact) mass is 558 g/mol. The summed E-state index contributed by atoms with van der Waals surface area (Å²) in [5.41, 5.74) is 1.82. The maximum atomic E-state index is 12.3. The zero-order chi connectivity index (χ0) is 21.7. The van der Waals surface area contributed by atoms with Gasteiger partial charge in [0.2, 0.25) is 0 Å². The first-order chi connectivity index (χ1) is 15.2. The summed E-state index contributed by atoms with van der Waals surface area (Å²) >= 11 is 0. The fraction of sp³-hybridized carbons (Fsp3) is 0.667. The molecule has 0 spiro atoms. The Kier molecular flexibility index (Phi) is 13.0. The van der Waals surface area contributed by atoms with Crippen molar-refractivity contribution < 1.29 is 14.3 Å². The summed E-state index contributed by atoms with van der Waals surface area (Å²) in [5, 5.41) is 9.59. The molecular formula is C24H39IN4O3. The first-order valence-corrected chi connectivity index (χ1v) is 11.9. The van der Waals surface area contributed by atoms with Gasteiger partial charge in [-0.15, -0.1) is 24.0 Å². The molecule has 7 nitrogen and oxygen atoms in total. The van der Waals surface area contributed by atoms with Gasteiger partial charge in [-0.1, -0.05) is 37.8 Å². The van der Waals surface area contributed by atoms with Crippen LogP contribution in [0.3, 0.4) is 0 Å². The van der Waals surface area contributed by atoms with Gasteiger partial charge in [0.25, 0.3) is 5.91 Å². The summed E-state index contributed by atoms with van der Waals surface area (Å²) in [5.74, 6) is 0.711.